The molecular formula is C18H32N6O2S. The lowest BCUT2D eigenvalue weighted by atomic mass is 10.1. The standard InChI is InChI=1S/C18H32N6O2S/c1-5-19-17(21-14-18(2,3)23-27(4,25)26)22-15-9-12-24(13-10-15)16-8-6-7-11-20-16/h6-8,11,15,23H,5,9-10,12-14H2,1-4H3,(H2,19,21,22). The van der Waals surface area contributed by atoms with Crippen molar-refractivity contribution < 1.29 is 8.42 Å². The first-order valence-corrected chi connectivity index (χ1v) is 11.3. The van der Waals surface area contributed by atoms with Crippen LogP contribution in [-0.4, -0.2) is 63.4 Å². The molecule has 2 rings (SSSR count). The van der Waals surface area contributed by atoms with Gasteiger partial charge in [-0.25, -0.2) is 18.1 Å². The van der Waals surface area contributed by atoms with E-state index >= 15 is 0 Å². The van der Waals surface area contributed by atoms with Crippen LogP contribution in [0.25, 0.3) is 0 Å². The van der Waals surface area contributed by atoms with Gasteiger partial charge in [0.25, 0.3) is 0 Å². The van der Waals surface area contributed by atoms with Crippen LogP contribution in [0.4, 0.5) is 5.82 Å². The molecule has 0 atom stereocenters. The number of guanidine groups is 1. The van der Waals surface area contributed by atoms with Crippen molar-refractivity contribution in [2.24, 2.45) is 4.99 Å². The zero-order chi connectivity index (χ0) is 19.9. The zero-order valence-electron chi connectivity index (χ0n) is 16.7. The summed E-state index contributed by atoms with van der Waals surface area (Å²) < 4.78 is 25.6. The molecule has 1 aliphatic heterocycles. The minimum Gasteiger partial charge on any atom is -0.357 e. The van der Waals surface area contributed by atoms with Crippen LogP contribution in [0.15, 0.2) is 29.4 Å². The molecule has 0 spiro atoms. The molecule has 27 heavy (non-hydrogen) atoms. The Kier molecular flexibility index (Phi) is 7.43. The van der Waals surface area contributed by atoms with E-state index in [9.17, 15) is 8.42 Å². The SMILES string of the molecule is CCNC(=NCC(C)(C)NS(C)(=O)=O)NC1CCN(c2ccccn2)CC1. The second-order valence-corrected chi connectivity index (χ2v) is 9.30. The Morgan fingerprint density at radius 2 is 2.04 bits per heavy atom. The number of nitrogens with one attached hydrogen (secondary N) is 3. The van der Waals surface area contributed by atoms with Gasteiger partial charge in [0.15, 0.2) is 5.96 Å². The number of aliphatic imine (C=N–C) groups is 1. The maximum absolute atomic E-state index is 11.5. The van der Waals surface area contributed by atoms with Crippen molar-refractivity contribution in [3.8, 4) is 0 Å². The summed E-state index contributed by atoms with van der Waals surface area (Å²) in [6, 6.07) is 6.30. The summed E-state index contributed by atoms with van der Waals surface area (Å²) in [4.78, 5) is 11.3. The Morgan fingerprint density at radius 1 is 1.33 bits per heavy atom. The number of aromatic nitrogens is 1. The van der Waals surface area contributed by atoms with Crippen LogP contribution >= 0.6 is 0 Å². The lowest BCUT2D eigenvalue weighted by Gasteiger charge is -2.34. The van der Waals surface area contributed by atoms with Gasteiger partial charge in [-0.1, -0.05) is 6.07 Å². The van der Waals surface area contributed by atoms with E-state index in [0.717, 1.165) is 50.5 Å². The quantitative estimate of drug-likeness (QED) is 0.469. The highest BCUT2D eigenvalue weighted by Gasteiger charge is 2.23. The first-order chi connectivity index (χ1) is 12.7. The van der Waals surface area contributed by atoms with E-state index in [4.69, 9.17) is 0 Å². The topological polar surface area (TPSA) is 98.7 Å². The third-order valence-electron chi connectivity index (χ3n) is 4.25. The lowest BCUT2D eigenvalue weighted by Crippen LogP contribution is -2.50. The summed E-state index contributed by atoms with van der Waals surface area (Å²) in [6.07, 6.45) is 4.97. The molecule has 0 saturated carbocycles. The first kappa shape index (κ1) is 21.4. The fourth-order valence-corrected chi connectivity index (χ4v) is 4.19. The molecule has 1 fully saturated rings. The van der Waals surface area contributed by atoms with Crippen LogP contribution in [-0.2, 0) is 10.0 Å². The van der Waals surface area contributed by atoms with Gasteiger partial charge in [0, 0.05) is 37.4 Å². The predicted octanol–water partition coefficient (Wildman–Crippen LogP) is 0.933. The van der Waals surface area contributed by atoms with Gasteiger partial charge in [-0.05, 0) is 45.7 Å². The van der Waals surface area contributed by atoms with Crippen LogP contribution in [0.5, 0.6) is 0 Å². The van der Waals surface area contributed by atoms with Crippen molar-refractivity contribution in [2.45, 2.75) is 45.2 Å². The van der Waals surface area contributed by atoms with Crippen LogP contribution in [0, 0.1) is 0 Å². The third kappa shape index (κ3) is 7.72. The van der Waals surface area contributed by atoms with Gasteiger partial charge in [-0.3, -0.25) is 4.99 Å². The molecule has 0 aliphatic carbocycles. The van der Waals surface area contributed by atoms with Gasteiger partial charge in [0.05, 0.1) is 12.8 Å². The molecular weight excluding hydrogens is 364 g/mol. The molecule has 8 nitrogen and oxygen atoms in total. The molecule has 1 aliphatic rings. The molecule has 0 amide bonds. The second kappa shape index (κ2) is 9.36. The predicted molar refractivity (Wildman–Crippen MR) is 111 cm³/mol. The van der Waals surface area contributed by atoms with Crippen molar-refractivity contribution >= 4 is 21.8 Å². The van der Waals surface area contributed by atoms with E-state index in [1.165, 1.54) is 0 Å². The van der Waals surface area contributed by atoms with E-state index in [0.29, 0.717) is 12.6 Å². The summed E-state index contributed by atoms with van der Waals surface area (Å²) in [5.74, 6) is 1.74. The Labute approximate surface area is 162 Å². The molecule has 1 aromatic heterocycles. The highest BCUT2D eigenvalue weighted by Crippen LogP contribution is 2.17. The lowest BCUT2D eigenvalue weighted by molar-refractivity contribution is 0.450. The molecule has 9 heteroatoms. The molecule has 0 unspecified atom stereocenters. The average molecular weight is 397 g/mol. The van der Waals surface area contributed by atoms with Crippen molar-refractivity contribution in [3.05, 3.63) is 24.4 Å². The maximum atomic E-state index is 11.5. The van der Waals surface area contributed by atoms with E-state index in [2.05, 4.69) is 30.2 Å². The highest BCUT2D eigenvalue weighted by atomic mass is 32.2. The molecule has 0 aromatic carbocycles. The fourth-order valence-electron chi connectivity index (χ4n) is 3.12. The summed E-state index contributed by atoms with van der Waals surface area (Å²) in [7, 11) is -3.27. The summed E-state index contributed by atoms with van der Waals surface area (Å²) in [6.45, 7) is 8.64. The third-order valence-corrected chi connectivity index (χ3v) is 5.17. The van der Waals surface area contributed by atoms with Crippen LogP contribution < -0.4 is 20.3 Å². The molecule has 2 heterocycles. The number of piperidine rings is 1. The number of hydrogen-bond donors (Lipinski definition) is 3. The minimum atomic E-state index is -3.27. The summed E-state index contributed by atoms with van der Waals surface area (Å²) >= 11 is 0. The summed E-state index contributed by atoms with van der Waals surface area (Å²) in [5.41, 5.74) is -0.641. The van der Waals surface area contributed by atoms with E-state index in [1.807, 2.05) is 45.2 Å². The molecule has 1 saturated heterocycles. The van der Waals surface area contributed by atoms with Gasteiger partial charge < -0.3 is 15.5 Å². The van der Waals surface area contributed by atoms with Gasteiger partial charge in [-0.2, -0.15) is 0 Å². The Bertz CT molecular complexity index is 713. The molecule has 3 N–H and O–H groups in total. The molecule has 0 bridgehead atoms. The largest absolute Gasteiger partial charge is 0.357 e. The fraction of sp³-hybridized carbons (Fsp3) is 0.667. The van der Waals surface area contributed by atoms with E-state index in [-0.39, 0.29) is 0 Å². The van der Waals surface area contributed by atoms with Crippen LogP contribution in [0.1, 0.15) is 33.6 Å². The van der Waals surface area contributed by atoms with Crippen molar-refractivity contribution in [1.82, 2.24) is 20.3 Å². The number of sulfonamides is 1. The normalized spacial score (nSPS) is 17.0. The average Bonchev–Trinajstić information content (AvgIpc) is 2.59. The molecule has 1 aromatic rings. The van der Waals surface area contributed by atoms with E-state index in [1.54, 1.807) is 0 Å². The minimum absolute atomic E-state index is 0.328. The number of pyridine rings is 1. The van der Waals surface area contributed by atoms with Crippen molar-refractivity contribution in [2.75, 3.05) is 37.3 Å². The summed E-state index contributed by atoms with van der Waals surface area (Å²) in [5, 5.41) is 6.72. The zero-order valence-corrected chi connectivity index (χ0v) is 17.5. The maximum Gasteiger partial charge on any atom is 0.209 e. The Balaban J connectivity index is 1.90. The van der Waals surface area contributed by atoms with Gasteiger partial charge in [0.2, 0.25) is 10.0 Å². The van der Waals surface area contributed by atoms with Gasteiger partial charge >= 0.3 is 0 Å². The molecule has 152 valence electrons. The number of anilines is 1. The van der Waals surface area contributed by atoms with Crippen molar-refractivity contribution in [1.29, 1.82) is 0 Å². The monoisotopic (exact) mass is 396 g/mol. The second-order valence-electron chi connectivity index (χ2n) is 7.55. The molecule has 0 radical (unpaired) electrons. The van der Waals surface area contributed by atoms with Crippen LogP contribution in [0.3, 0.4) is 0 Å². The van der Waals surface area contributed by atoms with Crippen molar-refractivity contribution in [3.63, 3.8) is 0 Å². The highest BCUT2D eigenvalue weighted by molar-refractivity contribution is 7.88. The Hall–Kier alpha value is -1.87. The first-order valence-electron chi connectivity index (χ1n) is 9.38. The number of hydrogen-bond acceptors (Lipinski definition) is 5. The van der Waals surface area contributed by atoms with Crippen LogP contribution in [0.2, 0.25) is 0 Å². The van der Waals surface area contributed by atoms with Gasteiger partial charge in [-0.15, -0.1) is 0 Å². The number of nitrogens with zero attached hydrogens (tertiary/aromatic N) is 3. The van der Waals surface area contributed by atoms with E-state index < -0.39 is 15.6 Å². The Morgan fingerprint density at radius 3 is 2.59 bits per heavy atom. The smallest absolute Gasteiger partial charge is 0.209 e. The number of rotatable bonds is 7. The van der Waals surface area contributed by atoms with Gasteiger partial charge in [0.1, 0.15) is 5.82 Å².